The Morgan fingerprint density at radius 1 is 1.83 bits per heavy atom. The lowest BCUT2D eigenvalue weighted by Gasteiger charge is -2.04. The third-order valence-electron chi connectivity index (χ3n) is 1.23. The van der Waals surface area contributed by atoms with Crippen LogP contribution in [-0.4, -0.2) is 22.0 Å². The number of rotatable bonds is 5. The van der Waals surface area contributed by atoms with Crippen LogP contribution in [-0.2, 0) is 4.79 Å². The van der Waals surface area contributed by atoms with Crippen molar-refractivity contribution in [1.29, 1.82) is 0 Å². The zero-order chi connectivity index (χ0) is 15.1. The van der Waals surface area contributed by atoms with Crippen LogP contribution in [0, 0.1) is 0 Å². The van der Waals surface area contributed by atoms with Crippen LogP contribution in [0.15, 0.2) is 0 Å². The molecule has 0 aromatic heterocycles. The van der Waals surface area contributed by atoms with Gasteiger partial charge in [0.1, 0.15) is 0 Å². The first kappa shape index (κ1) is 4.13. The standard InChI is InChI=1S/C8H14O2S2/c9-8(10)4-2-1-3-7-5-6-11-12-7/h7H,1-6H2,(H,9,10)/i4D2,5D2,6D2,7D. The number of carboxylic acids is 1. The molecule has 1 fully saturated rings. The number of hydrogen-bond donors (Lipinski definition) is 1. The molecule has 0 amide bonds. The van der Waals surface area contributed by atoms with E-state index in [1.807, 2.05) is 0 Å². The predicted octanol–water partition coefficient (Wildman–Crippen LogP) is 2.79. The fourth-order valence-corrected chi connectivity index (χ4v) is 2.34. The molecule has 1 N–H and O–H groups in total. The summed E-state index contributed by atoms with van der Waals surface area (Å²) < 4.78 is 52.9. The molecule has 0 spiro atoms. The Morgan fingerprint density at radius 2 is 2.67 bits per heavy atom. The van der Waals surface area contributed by atoms with Gasteiger partial charge in [-0.1, -0.05) is 28.0 Å². The van der Waals surface area contributed by atoms with Crippen LogP contribution in [0.5, 0.6) is 0 Å². The summed E-state index contributed by atoms with van der Waals surface area (Å²) in [6.45, 7) is 0. The highest BCUT2D eigenvalue weighted by Gasteiger charge is 2.15. The second-order valence-corrected chi connectivity index (χ2v) is 4.18. The van der Waals surface area contributed by atoms with E-state index in [1.54, 1.807) is 0 Å². The molecular weight excluding hydrogens is 192 g/mol. The van der Waals surface area contributed by atoms with Crippen molar-refractivity contribution in [2.24, 2.45) is 0 Å². The molecule has 1 heterocycles. The monoisotopic (exact) mass is 213 g/mol. The van der Waals surface area contributed by atoms with Crippen LogP contribution in [0.4, 0.5) is 0 Å². The number of hydrogen-bond acceptors (Lipinski definition) is 3. The lowest BCUT2D eigenvalue weighted by atomic mass is 10.1. The summed E-state index contributed by atoms with van der Waals surface area (Å²) in [6, 6.07) is 0. The zero-order valence-electron chi connectivity index (χ0n) is 13.3. The largest absolute Gasteiger partial charge is 0.481 e. The van der Waals surface area contributed by atoms with Gasteiger partial charge in [0, 0.05) is 26.9 Å². The van der Waals surface area contributed by atoms with Gasteiger partial charge in [-0.15, -0.1) is 0 Å². The van der Waals surface area contributed by atoms with Crippen LogP contribution < -0.4 is 0 Å². The molecule has 1 saturated heterocycles. The first-order valence-electron chi connectivity index (χ1n) is 6.96. The van der Waals surface area contributed by atoms with Gasteiger partial charge < -0.3 is 5.11 Å². The van der Waals surface area contributed by atoms with Gasteiger partial charge in [0.15, 0.2) is 0 Å². The van der Waals surface area contributed by atoms with Crippen molar-refractivity contribution in [1.82, 2.24) is 0 Å². The minimum absolute atomic E-state index is 0.00590. The van der Waals surface area contributed by atoms with E-state index in [0.29, 0.717) is 10.8 Å². The van der Waals surface area contributed by atoms with Crippen molar-refractivity contribution in [3.05, 3.63) is 0 Å². The van der Waals surface area contributed by atoms with Crippen molar-refractivity contribution in [2.75, 3.05) is 5.70 Å². The van der Waals surface area contributed by atoms with E-state index >= 15 is 0 Å². The van der Waals surface area contributed by atoms with Crippen molar-refractivity contribution in [2.45, 2.75) is 37.2 Å². The van der Waals surface area contributed by atoms with E-state index in [-0.39, 0.29) is 19.3 Å². The van der Waals surface area contributed by atoms with Crippen LogP contribution >= 0.6 is 21.6 Å². The molecule has 70 valence electrons. The minimum atomic E-state index is -2.40. The summed E-state index contributed by atoms with van der Waals surface area (Å²) in [5.74, 6) is -1.58. The van der Waals surface area contributed by atoms with E-state index in [4.69, 9.17) is 14.7 Å². The van der Waals surface area contributed by atoms with E-state index in [2.05, 4.69) is 0 Å². The maximum Gasteiger partial charge on any atom is 0.303 e. The predicted molar refractivity (Wildman–Crippen MR) is 54.6 cm³/mol. The van der Waals surface area contributed by atoms with Crippen molar-refractivity contribution >= 4 is 27.6 Å². The summed E-state index contributed by atoms with van der Waals surface area (Å²) in [5.41, 5.74) is -2.19. The molecular formula is C8H14O2S2. The van der Waals surface area contributed by atoms with Crippen LogP contribution in [0.25, 0.3) is 0 Å². The van der Waals surface area contributed by atoms with E-state index in [9.17, 15) is 4.79 Å². The Hall–Kier alpha value is 0.170. The molecule has 0 aliphatic carbocycles. The third kappa shape index (κ3) is 4.26. The van der Waals surface area contributed by atoms with Crippen LogP contribution in [0.2, 0.25) is 0 Å². The summed E-state index contributed by atoms with van der Waals surface area (Å²) in [7, 11) is 1.44. The Labute approximate surface area is 90.7 Å². The molecule has 4 heteroatoms. The summed E-state index contributed by atoms with van der Waals surface area (Å²) in [6.07, 6.45) is -5.22. The molecule has 1 aliphatic rings. The van der Waals surface area contributed by atoms with Gasteiger partial charge in [-0.05, 0) is 19.2 Å². The molecule has 0 saturated carbocycles. The van der Waals surface area contributed by atoms with Gasteiger partial charge in [0.05, 0.1) is 0 Å². The normalized spacial score (nSPS) is 47.2. The van der Waals surface area contributed by atoms with Crippen molar-refractivity contribution in [3.8, 4) is 0 Å². The smallest absolute Gasteiger partial charge is 0.303 e. The van der Waals surface area contributed by atoms with E-state index < -0.39 is 29.6 Å². The van der Waals surface area contributed by atoms with Gasteiger partial charge in [-0.25, -0.2) is 0 Å². The topological polar surface area (TPSA) is 37.3 Å². The molecule has 12 heavy (non-hydrogen) atoms. The first-order valence-corrected chi connectivity index (χ1v) is 5.61. The Morgan fingerprint density at radius 3 is 3.25 bits per heavy atom. The second-order valence-electron chi connectivity index (χ2n) is 2.15. The fourth-order valence-electron chi connectivity index (χ4n) is 0.718. The van der Waals surface area contributed by atoms with Gasteiger partial charge >= 0.3 is 5.97 Å². The molecule has 1 unspecified atom stereocenters. The average molecular weight is 213 g/mol. The quantitative estimate of drug-likeness (QED) is 0.713. The average Bonchev–Trinajstić information content (AvgIpc) is 2.39. The van der Waals surface area contributed by atoms with Gasteiger partial charge in [0.25, 0.3) is 0 Å². The molecule has 0 aromatic rings. The second kappa shape index (κ2) is 5.75. The first-order chi connectivity index (χ1) is 8.36. The zero-order valence-corrected chi connectivity index (χ0v) is 7.93. The van der Waals surface area contributed by atoms with Gasteiger partial charge in [-0.3, -0.25) is 4.79 Å². The minimum Gasteiger partial charge on any atom is -0.481 e. The SMILES string of the molecule is [2H]C([2H])(CCCC1([2H])SSC([2H])([2H])C1([2H])[2H])C(=O)O. The Kier molecular flexibility index (Phi) is 1.98. The Balaban J connectivity index is 2.66. The maximum absolute atomic E-state index is 10.6. The molecule has 0 bridgehead atoms. The van der Waals surface area contributed by atoms with Crippen molar-refractivity contribution in [3.63, 3.8) is 0 Å². The van der Waals surface area contributed by atoms with E-state index in [0.717, 1.165) is 10.8 Å². The van der Waals surface area contributed by atoms with Crippen molar-refractivity contribution < 1.29 is 19.5 Å². The number of carbonyl (C=O) groups is 1. The third-order valence-corrected chi connectivity index (χ3v) is 3.11. The summed E-state index contributed by atoms with van der Waals surface area (Å²) in [5, 5.41) is 6.88. The molecule has 1 atom stereocenters. The van der Waals surface area contributed by atoms with Gasteiger partial charge in [0.2, 0.25) is 0 Å². The fraction of sp³-hybridized carbons (Fsp3) is 0.875. The summed E-state index contributed by atoms with van der Waals surface area (Å²) >= 11 is 0. The van der Waals surface area contributed by atoms with Gasteiger partial charge in [-0.2, -0.15) is 0 Å². The van der Waals surface area contributed by atoms with Crippen LogP contribution in [0.3, 0.4) is 0 Å². The maximum atomic E-state index is 10.6. The number of carboxylic acid groups (broad SMARTS) is 1. The number of aliphatic carboxylic acids is 1. The highest BCUT2D eigenvalue weighted by Crippen LogP contribution is 2.39. The van der Waals surface area contributed by atoms with E-state index in [1.165, 1.54) is 0 Å². The molecule has 1 rings (SSSR count). The summed E-state index contributed by atoms with van der Waals surface area (Å²) in [4.78, 5) is 10.6. The molecule has 1 aliphatic heterocycles. The highest BCUT2D eigenvalue weighted by atomic mass is 33.1. The Bertz CT molecular complexity index is 376. The molecule has 2 nitrogen and oxygen atoms in total. The molecule has 0 aromatic carbocycles. The molecule has 0 radical (unpaired) electrons. The highest BCUT2D eigenvalue weighted by molar-refractivity contribution is 8.77. The lowest BCUT2D eigenvalue weighted by molar-refractivity contribution is -0.137. The lowest BCUT2D eigenvalue weighted by Crippen LogP contribution is -1.99. The van der Waals surface area contributed by atoms with Crippen LogP contribution in [0.1, 0.15) is 41.6 Å².